The van der Waals surface area contributed by atoms with Gasteiger partial charge in [0.2, 0.25) is 5.75 Å². The van der Waals surface area contributed by atoms with E-state index in [0.717, 1.165) is 23.8 Å². The average molecular weight is 426 g/mol. The topological polar surface area (TPSA) is 65.0 Å². The molecule has 0 radical (unpaired) electrons. The minimum absolute atomic E-state index is 0.0266. The number of hydrogen-bond acceptors (Lipinski definition) is 5. The van der Waals surface area contributed by atoms with E-state index in [0.29, 0.717) is 0 Å². The van der Waals surface area contributed by atoms with Crippen molar-refractivity contribution in [3.8, 4) is 23.0 Å². The van der Waals surface area contributed by atoms with E-state index in [2.05, 4.69) is 0 Å². The summed E-state index contributed by atoms with van der Waals surface area (Å²) in [6, 6.07) is 14.1. The summed E-state index contributed by atoms with van der Waals surface area (Å²) in [5.41, 5.74) is 1.03. The van der Waals surface area contributed by atoms with Crippen LogP contribution < -0.4 is 14.2 Å². The van der Waals surface area contributed by atoms with Crippen LogP contribution in [0.5, 0.6) is 23.0 Å². The fourth-order valence-electron chi connectivity index (χ4n) is 2.91. The van der Waals surface area contributed by atoms with Gasteiger partial charge in [-0.15, -0.1) is 0 Å². The lowest BCUT2D eigenvalue weighted by Crippen LogP contribution is -2.04. The van der Waals surface area contributed by atoms with Crippen molar-refractivity contribution in [3.05, 3.63) is 89.0 Å². The van der Waals surface area contributed by atoms with E-state index < -0.39 is 23.2 Å². The molecule has 0 heterocycles. The lowest BCUT2D eigenvalue weighted by atomic mass is 10.0. The smallest absolute Gasteiger partial charge is 0.204 e. The Morgan fingerprint density at radius 1 is 0.968 bits per heavy atom. The molecule has 0 aromatic heterocycles. The predicted molar refractivity (Wildman–Crippen MR) is 112 cm³/mol. The lowest BCUT2D eigenvalue weighted by Gasteiger charge is -2.16. The summed E-state index contributed by atoms with van der Waals surface area (Å²) in [4.78, 5) is 12.7. The molecule has 3 rings (SSSR count). The fourth-order valence-corrected chi connectivity index (χ4v) is 2.91. The molecule has 0 spiro atoms. The molecule has 0 bridgehead atoms. The summed E-state index contributed by atoms with van der Waals surface area (Å²) < 4.78 is 42.7. The van der Waals surface area contributed by atoms with Crippen molar-refractivity contribution in [1.82, 2.24) is 0 Å². The van der Waals surface area contributed by atoms with Gasteiger partial charge < -0.3 is 19.3 Å². The van der Waals surface area contributed by atoms with Crippen molar-refractivity contribution in [2.24, 2.45) is 0 Å². The van der Waals surface area contributed by atoms with E-state index in [9.17, 15) is 18.7 Å². The van der Waals surface area contributed by atoms with Crippen molar-refractivity contribution in [1.29, 1.82) is 0 Å². The Hall–Kier alpha value is -3.87. The van der Waals surface area contributed by atoms with Gasteiger partial charge in [0.25, 0.3) is 0 Å². The number of aromatic hydroxyl groups is 1. The number of halogens is 2. The number of benzene rings is 3. The number of allylic oxidation sites excluding steroid dienone is 1. The molecule has 1 N–H and O–H groups in total. The standard InChI is InChI=1S/C24H20F2O5/c1-29-20-13-21(31-14-16-6-4-3-5-7-16)24(30-2)23(28)22(20)19(27)11-9-15-8-10-17(25)18(26)12-15/h3-13,28H,14H2,1-2H3/b11-9+. The third kappa shape index (κ3) is 5.01. The number of carbonyl (C=O) groups excluding carboxylic acids is 1. The molecule has 0 saturated heterocycles. The van der Waals surface area contributed by atoms with Crippen LogP contribution in [0.25, 0.3) is 6.08 Å². The van der Waals surface area contributed by atoms with Crippen LogP contribution in [0.1, 0.15) is 21.5 Å². The van der Waals surface area contributed by atoms with Crippen LogP contribution in [-0.2, 0) is 6.61 Å². The Morgan fingerprint density at radius 2 is 1.71 bits per heavy atom. The molecule has 0 aliphatic rings. The monoisotopic (exact) mass is 426 g/mol. The van der Waals surface area contributed by atoms with E-state index >= 15 is 0 Å². The highest BCUT2D eigenvalue weighted by Crippen LogP contribution is 2.45. The predicted octanol–water partition coefficient (Wildman–Crippen LogP) is 5.16. The molecule has 7 heteroatoms. The van der Waals surface area contributed by atoms with E-state index in [1.165, 1.54) is 32.4 Å². The Morgan fingerprint density at radius 3 is 2.35 bits per heavy atom. The van der Waals surface area contributed by atoms with Crippen LogP contribution in [0.4, 0.5) is 8.78 Å². The van der Waals surface area contributed by atoms with Crippen LogP contribution in [-0.4, -0.2) is 25.1 Å². The summed E-state index contributed by atoms with van der Waals surface area (Å²) in [7, 11) is 2.68. The number of rotatable bonds is 8. The molecule has 0 unspecified atom stereocenters. The first kappa shape index (κ1) is 21.8. The highest BCUT2D eigenvalue weighted by Gasteiger charge is 2.24. The first-order chi connectivity index (χ1) is 14.9. The molecular weight excluding hydrogens is 406 g/mol. The number of carbonyl (C=O) groups is 1. The fraction of sp³-hybridized carbons (Fsp3) is 0.125. The second-order valence-corrected chi connectivity index (χ2v) is 6.48. The van der Waals surface area contributed by atoms with Crippen molar-refractivity contribution in [3.63, 3.8) is 0 Å². The van der Waals surface area contributed by atoms with E-state index in [1.807, 2.05) is 30.3 Å². The zero-order valence-corrected chi connectivity index (χ0v) is 16.9. The average Bonchev–Trinajstić information content (AvgIpc) is 2.78. The van der Waals surface area contributed by atoms with Crippen LogP contribution >= 0.6 is 0 Å². The minimum Gasteiger partial charge on any atom is -0.504 e. The minimum atomic E-state index is -1.03. The number of phenols is 1. The lowest BCUT2D eigenvalue weighted by molar-refractivity contribution is 0.104. The summed E-state index contributed by atoms with van der Waals surface area (Å²) in [6.45, 7) is 0.211. The van der Waals surface area contributed by atoms with Crippen LogP contribution in [0.2, 0.25) is 0 Å². The van der Waals surface area contributed by atoms with Gasteiger partial charge in [-0.2, -0.15) is 0 Å². The largest absolute Gasteiger partial charge is 0.504 e. The van der Waals surface area contributed by atoms with E-state index in [-0.39, 0.29) is 35.0 Å². The molecule has 160 valence electrons. The quantitative estimate of drug-likeness (QED) is 0.398. The van der Waals surface area contributed by atoms with E-state index in [1.54, 1.807) is 0 Å². The molecule has 0 aliphatic heterocycles. The molecule has 3 aromatic carbocycles. The number of methoxy groups -OCH3 is 2. The number of ether oxygens (including phenoxy) is 3. The Bertz CT molecular complexity index is 1110. The van der Waals surface area contributed by atoms with Gasteiger partial charge in [-0.1, -0.05) is 42.5 Å². The maximum absolute atomic E-state index is 13.4. The number of hydrogen-bond donors (Lipinski definition) is 1. The van der Waals surface area contributed by atoms with Crippen molar-refractivity contribution in [2.75, 3.05) is 14.2 Å². The van der Waals surface area contributed by atoms with Crippen molar-refractivity contribution >= 4 is 11.9 Å². The third-order valence-corrected chi connectivity index (χ3v) is 4.46. The molecular formula is C24H20F2O5. The van der Waals surface area contributed by atoms with Gasteiger partial charge in [-0.25, -0.2) is 8.78 Å². The van der Waals surface area contributed by atoms with Gasteiger partial charge in [0.15, 0.2) is 28.9 Å². The van der Waals surface area contributed by atoms with Gasteiger partial charge in [0, 0.05) is 6.07 Å². The van der Waals surface area contributed by atoms with Gasteiger partial charge in [-0.05, 0) is 29.3 Å². The molecule has 3 aromatic rings. The SMILES string of the molecule is COc1cc(OCc2ccccc2)c(OC)c(O)c1C(=O)/C=C/c1ccc(F)c(F)c1. The zero-order chi connectivity index (χ0) is 22.4. The Labute approximate surface area is 178 Å². The second kappa shape index (κ2) is 9.75. The summed E-state index contributed by atoms with van der Waals surface area (Å²) in [6.07, 6.45) is 2.42. The van der Waals surface area contributed by atoms with Crippen LogP contribution in [0, 0.1) is 11.6 Å². The maximum atomic E-state index is 13.4. The van der Waals surface area contributed by atoms with Crippen LogP contribution in [0.3, 0.4) is 0 Å². The van der Waals surface area contributed by atoms with Crippen molar-refractivity contribution in [2.45, 2.75) is 6.61 Å². The van der Waals surface area contributed by atoms with Gasteiger partial charge in [-0.3, -0.25) is 4.79 Å². The zero-order valence-electron chi connectivity index (χ0n) is 16.9. The first-order valence-corrected chi connectivity index (χ1v) is 9.26. The maximum Gasteiger partial charge on any atom is 0.204 e. The molecule has 5 nitrogen and oxygen atoms in total. The summed E-state index contributed by atoms with van der Waals surface area (Å²) in [5, 5.41) is 10.7. The van der Waals surface area contributed by atoms with Gasteiger partial charge in [0.1, 0.15) is 17.9 Å². The third-order valence-electron chi connectivity index (χ3n) is 4.46. The van der Waals surface area contributed by atoms with E-state index in [4.69, 9.17) is 14.2 Å². The summed E-state index contributed by atoms with van der Waals surface area (Å²) in [5.74, 6) is -2.85. The molecule has 0 atom stereocenters. The molecule has 31 heavy (non-hydrogen) atoms. The number of phenolic OH excluding ortho intramolecular Hbond substituents is 1. The molecule has 0 saturated carbocycles. The first-order valence-electron chi connectivity index (χ1n) is 9.26. The molecule has 0 aliphatic carbocycles. The van der Waals surface area contributed by atoms with Gasteiger partial charge in [0.05, 0.1) is 14.2 Å². The molecule has 0 fully saturated rings. The van der Waals surface area contributed by atoms with Crippen LogP contribution in [0.15, 0.2) is 60.7 Å². The normalized spacial score (nSPS) is 10.8. The Kier molecular flexibility index (Phi) is 6.87. The van der Waals surface area contributed by atoms with Crippen molar-refractivity contribution < 1.29 is 32.9 Å². The summed E-state index contributed by atoms with van der Waals surface area (Å²) >= 11 is 0. The highest BCUT2D eigenvalue weighted by molar-refractivity contribution is 6.11. The molecule has 0 amide bonds. The Balaban J connectivity index is 1.91. The number of ketones is 1. The highest BCUT2D eigenvalue weighted by atomic mass is 19.2. The van der Waals surface area contributed by atoms with Gasteiger partial charge >= 0.3 is 0 Å². The second-order valence-electron chi connectivity index (χ2n) is 6.48.